The zero-order chi connectivity index (χ0) is 19.7. The number of hydrogen-bond acceptors (Lipinski definition) is 6. The van der Waals surface area contributed by atoms with Crippen molar-refractivity contribution in [3.63, 3.8) is 0 Å². The maximum absolute atomic E-state index is 12.4. The number of ether oxygens (including phenoxy) is 1. The molecule has 4 rings (SSSR count). The maximum Gasteiger partial charge on any atom is 0.286 e. The monoisotopic (exact) mass is 395 g/mol. The van der Waals surface area contributed by atoms with E-state index >= 15 is 0 Å². The molecule has 1 aliphatic rings. The maximum atomic E-state index is 12.4. The Morgan fingerprint density at radius 1 is 1.11 bits per heavy atom. The van der Waals surface area contributed by atoms with Crippen LogP contribution in [-0.4, -0.2) is 25.9 Å². The summed E-state index contributed by atoms with van der Waals surface area (Å²) in [6, 6.07) is 14.5. The predicted octanol–water partition coefficient (Wildman–Crippen LogP) is 2.41. The number of rotatable bonds is 5. The van der Waals surface area contributed by atoms with Gasteiger partial charge in [-0.15, -0.1) is 0 Å². The fourth-order valence-corrected chi connectivity index (χ4v) is 3.86. The summed E-state index contributed by atoms with van der Waals surface area (Å²) in [5.74, 6) is 0.912. The van der Waals surface area contributed by atoms with Crippen molar-refractivity contribution in [2.75, 3.05) is 0 Å². The van der Waals surface area contributed by atoms with Gasteiger partial charge in [0.25, 0.3) is 10.8 Å². The van der Waals surface area contributed by atoms with Gasteiger partial charge < -0.3 is 4.74 Å². The van der Waals surface area contributed by atoms with Gasteiger partial charge in [0.2, 0.25) is 5.91 Å². The summed E-state index contributed by atoms with van der Waals surface area (Å²) in [4.78, 5) is 39.8. The molecule has 0 saturated carbocycles. The molecule has 1 atom stereocenters. The number of nitrogens with zero attached hydrogens (tertiary/aromatic N) is 2. The fraction of sp³-hybridized carbons (Fsp3) is 0.200. The third-order valence-corrected chi connectivity index (χ3v) is 5.54. The number of nitrogens with one attached hydrogen (secondary N) is 1. The average Bonchev–Trinajstić information content (AvgIpc) is 3.01. The Morgan fingerprint density at radius 3 is 2.57 bits per heavy atom. The number of para-hydroxylation sites is 1. The third-order valence-electron chi connectivity index (χ3n) is 4.56. The molecule has 0 aliphatic carbocycles. The summed E-state index contributed by atoms with van der Waals surface area (Å²) in [7, 11) is 1.68. The lowest BCUT2D eigenvalue weighted by Crippen LogP contribution is -2.25. The lowest BCUT2D eigenvalue weighted by atomic mass is 10.1. The molecule has 1 aliphatic heterocycles. The molecular formula is C20H17N3O4S. The summed E-state index contributed by atoms with van der Waals surface area (Å²) < 4.78 is 7.27. The number of carbonyl (C=O) groups excluding carboxylic acids is 2. The van der Waals surface area contributed by atoms with E-state index < -0.39 is 5.25 Å². The molecule has 0 bridgehead atoms. The van der Waals surface area contributed by atoms with E-state index in [-0.39, 0.29) is 23.3 Å². The molecule has 0 radical (unpaired) electrons. The first-order chi connectivity index (χ1) is 13.5. The van der Waals surface area contributed by atoms with Crippen LogP contribution >= 0.6 is 11.8 Å². The molecule has 7 nitrogen and oxygen atoms in total. The Morgan fingerprint density at radius 2 is 1.86 bits per heavy atom. The van der Waals surface area contributed by atoms with E-state index in [0.717, 1.165) is 17.3 Å². The van der Waals surface area contributed by atoms with Crippen LogP contribution in [-0.2, 0) is 24.9 Å². The lowest BCUT2D eigenvalue weighted by molar-refractivity contribution is -0.118. The summed E-state index contributed by atoms with van der Waals surface area (Å²) in [6.07, 6.45) is 0.475. The number of thioether (sulfide) groups is 1. The van der Waals surface area contributed by atoms with Gasteiger partial charge in [0, 0.05) is 7.05 Å². The Kier molecular flexibility index (Phi) is 4.87. The highest BCUT2D eigenvalue weighted by Gasteiger charge is 2.31. The Balaban J connectivity index is 1.45. The summed E-state index contributed by atoms with van der Waals surface area (Å²) in [5, 5.41) is 2.16. The molecule has 2 heterocycles. The quantitative estimate of drug-likeness (QED) is 0.714. The first kappa shape index (κ1) is 18.2. The molecule has 2 amide bonds. The second-order valence-corrected chi connectivity index (χ2v) is 7.60. The van der Waals surface area contributed by atoms with Crippen molar-refractivity contribution in [3.8, 4) is 5.75 Å². The molecule has 28 heavy (non-hydrogen) atoms. The highest BCUT2D eigenvalue weighted by atomic mass is 32.2. The van der Waals surface area contributed by atoms with E-state index in [1.54, 1.807) is 31.3 Å². The first-order valence-corrected chi connectivity index (χ1v) is 9.57. The molecule has 1 aromatic heterocycles. The van der Waals surface area contributed by atoms with Crippen LogP contribution < -0.4 is 15.6 Å². The minimum absolute atomic E-state index is 0.110. The molecule has 1 saturated heterocycles. The molecule has 0 unspecified atom stereocenters. The SMILES string of the molecule is Cn1c(COc2ccc(C[C@@H]3SC(=O)NC3=O)cc2)nc2ccccc2c1=O. The minimum atomic E-state index is -0.393. The van der Waals surface area contributed by atoms with Gasteiger partial charge in [-0.3, -0.25) is 24.3 Å². The summed E-state index contributed by atoms with van der Waals surface area (Å²) in [6.45, 7) is 0.158. The van der Waals surface area contributed by atoms with Gasteiger partial charge in [-0.1, -0.05) is 36.0 Å². The Labute approximate surface area is 164 Å². The number of imide groups is 1. The van der Waals surface area contributed by atoms with Crippen LogP contribution in [0.15, 0.2) is 53.3 Å². The van der Waals surface area contributed by atoms with Crippen LogP contribution in [0.4, 0.5) is 4.79 Å². The van der Waals surface area contributed by atoms with Crippen molar-refractivity contribution in [2.45, 2.75) is 18.3 Å². The molecule has 142 valence electrons. The second kappa shape index (κ2) is 7.47. The number of fused-ring (bicyclic) bond motifs is 1. The Bertz CT molecular complexity index is 1120. The first-order valence-electron chi connectivity index (χ1n) is 8.69. The molecule has 1 N–H and O–H groups in total. The van der Waals surface area contributed by atoms with Crippen molar-refractivity contribution in [1.82, 2.24) is 14.9 Å². The molecular weight excluding hydrogens is 378 g/mol. The van der Waals surface area contributed by atoms with Crippen LogP contribution in [0.2, 0.25) is 0 Å². The second-order valence-electron chi connectivity index (χ2n) is 6.43. The Hall–Kier alpha value is -3.13. The van der Waals surface area contributed by atoms with Gasteiger partial charge in [-0.2, -0.15) is 0 Å². The van der Waals surface area contributed by atoms with Crippen LogP contribution in [0.5, 0.6) is 5.75 Å². The van der Waals surface area contributed by atoms with E-state index in [2.05, 4.69) is 10.3 Å². The molecule has 3 aromatic rings. The molecule has 0 spiro atoms. The van der Waals surface area contributed by atoms with Crippen molar-refractivity contribution >= 4 is 33.8 Å². The highest BCUT2D eigenvalue weighted by molar-refractivity contribution is 8.15. The van der Waals surface area contributed by atoms with Crippen LogP contribution in [0, 0.1) is 0 Å². The number of hydrogen-bond donors (Lipinski definition) is 1. The van der Waals surface area contributed by atoms with E-state index in [9.17, 15) is 14.4 Å². The highest BCUT2D eigenvalue weighted by Crippen LogP contribution is 2.24. The standard InChI is InChI=1S/C20H17N3O4S/c1-23-17(21-15-5-3-2-4-14(15)19(23)25)11-27-13-8-6-12(7-9-13)10-16-18(24)22-20(26)28-16/h2-9,16H,10-11H2,1H3,(H,22,24,26)/t16-/m0/s1. The van der Waals surface area contributed by atoms with Crippen molar-refractivity contribution in [3.05, 3.63) is 70.3 Å². The van der Waals surface area contributed by atoms with Crippen molar-refractivity contribution < 1.29 is 14.3 Å². The van der Waals surface area contributed by atoms with Gasteiger partial charge in [-0.05, 0) is 36.2 Å². The minimum Gasteiger partial charge on any atom is -0.486 e. The van der Waals surface area contributed by atoms with Gasteiger partial charge >= 0.3 is 0 Å². The van der Waals surface area contributed by atoms with Gasteiger partial charge in [0.1, 0.15) is 18.2 Å². The molecule has 1 fully saturated rings. The molecule has 8 heteroatoms. The number of carbonyl (C=O) groups is 2. The van der Waals surface area contributed by atoms with Crippen LogP contribution in [0.1, 0.15) is 11.4 Å². The van der Waals surface area contributed by atoms with Gasteiger partial charge in [-0.25, -0.2) is 4.98 Å². The number of amides is 2. The average molecular weight is 395 g/mol. The largest absolute Gasteiger partial charge is 0.486 e. The molecule has 2 aromatic carbocycles. The lowest BCUT2D eigenvalue weighted by Gasteiger charge is -2.11. The van der Waals surface area contributed by atoms with Crippen molar-refractivity contribution in [1.29, 1.82) is 0 Å². The number of benzene rings is 2. The van der Waals surface area contributed by atoms with E-state index in [1.165, 1.54) is 4.57 Å². The van der Waals surface area contributed by atoms with Gasteiger partial charge in [0.15, 0.2) is 0 Å². The summed E-state index contributed by atoms with van der Waals surface area (Å²) >= 11 is 1.01. The van der Waals surface area contributed by atoms with E-state index in [0.29, 0.717) is 28.9 Å². The fourth-order valence-electron chi connectivity index (χ4n) is 3.00. The third kappa shape index (κ3) is 3.63. The van der Waals surface area contributed by atoms with E-state index in [4.69, 9.17) is 4.74 Å². The zero-order valence-corrected chi connectivity index (χ0v) is 15.9. The number of aromatic nitrogens is 2. The van der Waals surface area contributed by atoms with Crippen LogP contribution in [0.25, 0.3) is 10.9 Å². The van der Waals surface area contributed by atoms with Crippen molar-refractivity contribution in [2.24, 2.45) is 7.05 Å². The normalized spacial score (nSPS) is 16.4. The topological polar surface area (TPSA) is 90.3 Å². The van der Waals surface area contributed by atoms with Gasteiger partial charge in [0.05, 0.1) is 16.2 Å². The zero-order valence-electron chi connectivity index (χ0n) is 15.0. The van der Waals surface area contributed by atoms with E-state index in [1.807, 2.05) is 24.3 Å². The van der Waals surface area contributed by atoms with Crippen LogP contribution in [0.3, 0.4) is 0 Å². The summed E-state index contributed by atoms with van der Waals surface area (Å²) in [5.41, 5.74) is 1.47. The predicted molar refractivity (Wildman–Crippen MR) is 106 cm³/mol. The smallest absolute Gasteiger partial charge is 0.286 e.